The maximum Gasteiger partial charge on any atom is 0.252 e. The van der Waals surface area contributed by atoms with Gasteiger partial charge >= 0.3 is 0 Å². The summed E-state index contributed by atoms with van der Waals surface area (Å²) in [4.78, 5) is 23.6. The molecule has 0 unspecified atom stereocenters. The van der Waals surface area contributed by atoms with Crippen LogP contribution in [0.25, 0.3) is 0 Å². The second-order valence-corrected chi connectivity index (χ2v) is 7.49. The summed E-state index contributed by atoms with van der Waals surface area (Å²) < 4.78 is 26.1. The number of hydrogen-bond acceptors (Lipinski definition) is 4. The summed E-state index contributed by atoms with van der Waals surface area (Å²) in [6.07, 6.45) is 0. The van der Waals surface area contributed by atoms with Gasteiger partial charge in [-0.3, -0.25) is 9.59 Å². The number of carbonyl (C=O) groups is 2. The third-order valence-corrected chi connectivity index (χ3v) is 4.72. The number of amides is 2. The van der Waals surface area contributed by atoms with Gasteiger partial charge in [-0.2, -0.15) is 0 Å². The van der Waals surface area contributed by atoms with Crippen LogP contribution in [0.1, 0.15) is 24.2 Å². The van der Waals surface area contributed by atoms with E-state index in [0.29, 0.717) is 4.47 Å². The molecule has 1 aromatic carbocycles. The van der Waals surface area contributed by atoms with Crippen molar-refractivity contribution in [2.45, 2.75) is 24.8 Å². The fourth-order valence-corrected chi connectivity index (χ4v) is 2.77. The molecular weight excluding hydrogens is 374 g/mol. The van der Waals surface area contributed by atoms with E-state index in [0.717, 1.165) is 0 Å². The van der Waals surface area contributed by atoms with Crippen LogP contribution in [0, 0.1) is 0 Å². The van der Waals surface area contributed by atoms with Crippen molar-refractivity contribution >= 4 is 37.8 Å². The minimum Gasteiger partial charge on any atom is -0.352 e. The predicted molar refractivity (Wildman–Crippen MR) is 86.0 cm³/mol. The van der Waals surface area contributed by atoms with Crippen molar-refractivity contribution < 1.29 is 18.0 Å². The molecule has 7 nitrogen and oxygen atoms in total. The lowest BCUT2D eigenvalue weighted by Gasteiger charge is -2.11. The van der Waals surface area contributed by atoms with Gasteiger partial charge in [0.15, 0.2) is 0 Å². The van der Waals surface area contributed by atoms with Gasteiger partial charge < -0.3 is 10.6 Å². The summed E-state index contributed by atoms with van der Waals surface area (Å²) in [5.41, 5.74) is 0.133. The highest BCUT2D eigenvalue weighted by molar-refractivity contribution is 9.10. The van der Waals surface area contributed by atoms with Gasteiger partial charge in [-0.25, -0.2) is 13.1 Å². The maximum atomic E-state index is 12.1. The third kappa shape index (κ3) is 5.08. The van der Waals surface area contributed by atoms with E-state index in [1.807, 2.05) is 13.8 Å². The zero-order valence-electron chi connectivity index (χ0n) is 12.4. The van der Waals surface area contributed by atoms with E-state index >= 15 is 0 Å². The number of sulfonamides is 1. The lowest BCUT2D eigenvalue weighted by Crippen LogP contribution is -2.39. The molecule has 0 atom stereocenters. The predicted octanol–water partition coefficient (Wildman–Crippen LogP) is 0.612. The zero-order chi connectivity index (χ0) is 16.9. The van der Waals surface area contributed by atoms with Gasteiger partial charge in [0, 0.05) is 10.5 Å². The average molecular weight is 392 g/mol. The Labute approximate surface area is 138 Å². The number of halogens is 1. The van der Waals surface area contributed by atoms with Gasteiger partial charge in [0.2, 0.25) is 15.9 Å². The molecule has 22 heavy (non-hydrogen) atoms. The molecule has 0 saturated carbocycles. The van der Waals surface area contributed by atoms with Crippen LogP contribution in [0.15, 0.2) is 27.6 Å². The molecule has 0 fully saturated rings. The molecule has 0 heterocycles. The number of carbonyl (C=O) groups excluding carboxylic acids is 2. The van der Waals surface area contributed by atoms with E-state index in [1.165, 1.54) is 25.2 Å². The van der Waals surface area contributed by atoms with Crippen molar-refractivity contribution in [2.75, 3.05) is 13.6 Å². The highest BCUT2D eigenvalue weighted by Gasteiger charge is 2.17. The second kappa shape index (κ2) is 7.70. The topological polar surface area (TPSA) is 104 Å². The van der Waals surface area contributed by atoms with Crippen molar-refractivity contribution in [1.82, 2.24) is 15.4 Å². The van der Waals surface area contributed by atoms with Gasteiger partial charge in [-0.1, -0.05) is 0 Å². The molecule has 0 saturated heterocycles. The van der Waals surface area contributed by atoms with Crippen molar-refractivity contribution in [3.05, 3.63) is 28.2 Å². The summed E-state index contributed by atoms with van der Waals surface area (Å²) in [5.74, 6) is -0.864. The monoisotopic (exact) mass is 391 g/mol. The maximum absolute atomic E-state index is 12.1. The normalized spacial score (nSPS) is 11.3. The fourth-order valence-electron chi connectivity index (χ4n) is 1.59. The van der Waals surface area contributed by atoms with Crippen LogP contribution in [0.4, 0.5) is 0 Å². The highest BCUT2D eigenvalue weighted by Crippen LogP contribution is 2.20. The lowest BCUT2D eigenvalue weighted by atomic mass is 10.2. The second-order valence-electron chi connectivity index (χ2n) is 4.75. The van der Waals surface area contributed by atoms with Gasteiger partial charge in [-0.15, -0.1) is 0 Å². The van der Waals surface area contributed by atoms with Gasteiger partial charge in [0.25, 0.3) is 5.91 Å². The molecule has 0 bridgehead atoms. The zero-order valence-corrected chi connectivity index (χ0v) is 14.8. The Morgan fingerprint density at radius 3 is 2.45 bits per heavy atom. The van der Waals surface area contributed by atoms with Crippen LogP contribution in [0.2, 0.25) is 0 Å². The van der Waals surface area contributed by atoms with Crippen molar-refractivity contribution in [3.8, 4) is 0 Å². The molecule has 2 amide bonds. The van der Waals surface area contributed by atoms with E-state index in [2.05, 4.69) is 31.3 Å². The quantitative estimate of drug-likeness (QED) is 0.660. The molecule has 0 spiro atoms. The summed E-state index contributed by atoms with van der Waals surface area (Å²) in [7, 11) is -2.36. The van der Waals surface area contributed by atoms with E-state index in [1.54, 1.807) is 0 Å². The first-order valence-corrected chi connectivity index (χ1v) is 8.75. The van der Waals surface area contributed by atoms with E-state index in [9.17, 15) is 18.0 Å². The lowest BCUT2D eigenvalue weighted by molar-refractivity contribution is -0.120. The molecule has 0 aliphatic rings. The molecular formula is C13H18BrN3O4S. The van der Waals surface area contributed by atoms with E-state index in [4.69, 9.17) is 0 Å². The Kier molecular flexibility index (Phi) is 6.51. The Balaban J connectivity index is 2.90. The first kappa shape index (κ1) is 18.6. The van der Waals surface area contributed by atoms with E-state index in [-0.39, 0.29) is 29.0 Å². The third-order valence-electron chi connectivity index (χ3n) is 2.62. The van der Waals surface area contributed by atoms with Crippen molar-refractivity contribution in [2.24, 2.45) is 0 Å². The molecule has 1 aromatic rings. The molecule has 3 N–H and O–H groups in total. The van der Waals surface area contributed by atoms with Gasteiger partial charge in [-0.05, 0) is 55.0 Å². The van der Waals surface area contributed by atoms with E-state index < -0.39 is 15.9 Å². The SMILES string of the molecule is CNS(=O)(=O)c1ccc(Br)c(C(=O)NCC(=O)NC(C)C)c1. The fraction of sp³-hybridized carbons (Fsp3) is 0.385. The average Bonchev–Trinajstić information content (AvgIpc) is 2.44. The van der Waals surface area contributed by atoms with Crippen LogP contribution < -0.4 is 15.4 Å². The minimum atomic E-state index is -3.65. The van der Waals surface area contributed by atoms with Crippen molar-refractivity contribution in [1.29, 1.82) is 0 Å². The molecule has 0 radical (unpaired) electrons. The van der Waals surface area contributed by atoms with Gasteiger partial charge in [0.05, 0.1) is 17.0 Å². The van der Waals surface area contributed by atoms with Crippen LogP contribution in [0.5, 0.6) is 0 Å². The number of hydrogen-bond donors (Lipinski definition) is 3. The molecule has 0 aliphatic carbocycles. The molecule has 9 heteroatoms. The Morgan fingerprint density at radius 2 is 1.91 bits per heavy atom. The smallest absolute Gasteiger partial charge is 0.252 e. The molecule has 0 aliphatic heterocycles. The highest BCUT2D eigenvalue weighted by atomic mass is 79.9. The van der Waals surface area contributed by atoms with Crippen molar-refractivity contribution in [3.63, 3.8) is 0 Å². The van der Waals surface area contributed by atoms with Crippen LogP contribution in [-0.4, -0.2) is 39.9 Å². The largest absolute Gasteiger partial charge is 0.352 e. The standard InChI is InChI=1S/C13H18BrN3O4S/c1-8(2)17-12(18)7-16-13(19)10-6-9(4-5-11(10)14)22(20,21)15-3/h4-6,8,15H,7H2,1-3H3,(H,16,19)(H,17,18). The van der Waals surface area contributed by atoms with Crippen LogP contribution in [0.3, 0.4) is 0 Å². The summed E-state index contributed by atoms with van der Waals surface area (Å²) >= 11 is 3.19. The summed E-state index contributed by atoms with van der Waals surface area (Å²) in [6.45, 7) is 3.43. The minimum absolute atomic E-state index is 0.0276. The van der Waals surface area contributed by atoms with Crippen LogP contribution in [-0.2, 0) is 14.8 Å². The van der Waals surface area contributed by atoms with Gasteiger partial charge in [0.1, 0.15) is 0 Å². The Morgan fingerprint density at radius 1 is 1.27 bits per heavy atom. The first-order chi connectivity index (χ1) is 10.2. The summed E-state index contributed by atoms with van der Waals surface area (Å²) in [6, 6.07) is 4.05. The first-order valence-electron chi connectivity index (χ1n) is 6.48. The molecule has 0 aromatic heterocycles. The number of rotatable bonds is 6. The number of nitrogens with one attached hydrogen (secondary N) is 3. The summed E-state index contributed by atoms with van der Waals surface area (Å²) in [5, 5.41) is 5.08. The Bertz CT molecular complexity index is 674. The van der Waals surface area contributed by atoms with Crippen LogP contribution >= 0.6 is 15.9 Å². The molecule has 122 valence electrons. The Hall–Kier alpha value is -1.45. The molecule has 1 rings (SSSR count). The number of benzene rings is 1.